The Balaban J connectivity index is 1.42. The Hall–Kier alpha value is -5.42. The fraction of sp³-hybridized carbons (Fsp3) is 0.0286. The van der Waals surface area contributed by atoms with E-state index in [0.29, 0.717) is 11.4 Å². The highest BCUT2D eigenvalue weighted by Crippen LogP contribution is 2.40. The standard InChI is InChI=1S/C35H24N4O/c1-23-36-33-28-17-9-11-19-32(28)40-34(33)35(37-23)39-30-18-10-8-16-27(30)29-22-26(20-21-31(29)39)38(24-12-4-2-5-13-24)25-14-6-3-7-15-25/h2-22H,1H3. The Morgan fingerprint density at radius 2 is 1.20 bits per heavy atom. The fourth-order valence-electron chi connectivity index (χ4n) is 5.77. The third-order valence-electron chi connectivity index (χ3n) is 7.47. The lowest BCUT2D eigenvalue weighted by Crippen LogP contribution is -2.09. The number of hydrogen-bond donors (Lipinski definition) is 0. The molecule has 0 unspecified atom stereocenters. The average Bonchev–Trinajstić information content (AvgIpc) is 3.54. The number of para-hydroxylation sites is 4. The van der Waals surface area contributed by atoms with Crippen LogP contribution in [0.3, 0.4) is 0 Å². The van der Waals surface area contributed by atoms with Crippen LogP contribution in [0, 0.1) is 6.92 Å². The molecule has 0 saturated carbocycles. The molecule has 0 aliphatic carbocycles. The van der Waals surface area contributed by atoms with Gasteiger partial charge < -0.3 is 9.32 Å². The van der Waals surface area contributed by atoms with Crippen LogP contribution >= 0.6 is 0 Å². The van der Waals surface area contributed by atoms with Crippen molar-refractivity contribution in [3.05, 3.63) is 133 Å². The molecule has 5 nitrogen and oxygen atoms in total. The predicted molar refractivity (Wildman–Crippen MR) is 163 cm³/mol. The van der Waals surface area contributed by atoms with Crippen LogP contribution in [0.4, 0.5) is 17.1 Å². The van der Waals surface area contributed by atoms with Gasteiger partial charge in [-0.25, -0.2) is 9.97 Å². The molecule has 3 heterocycles. The number of furan rings is 1. The van der Waals surface area contributed by atoms with Gasteiger partial charge in [-0.15, -0.1) is 0 Å². The Morgan fingerprint density at radius 3 is 1.95 bits per heavy atom. The summed E-state index contributed by atoms with van der Waals surface area (Å²) in [5.74, 6) is 1.46. The summed E-state index contributed by atoms with van der Waals surface area (Å²) in [6, 6.07) is 44.1. The van der Waals surface area contributed by atoms with E-state index in [1.807, 2.05) is 37.3 Å². The number of aryl methyl sites for hydroxylation is 1. The van der Waals surface area contributed by atoms with E-state index in [1.54, 1.807) is 0 Å². The van der Waals surface area contributed by atoms with Gasteiger partial charge in [0.05, 0.1) is 11.0 Å². The van der Waals surface area contributed by atoms with E-state index < -0.39 is 0 Å². The maximum atomic E-state index is 6.38. The molecule has 0 saturated heterocycles. The second kappa shape index (κ2) is 8.82. The lowest BCUT2D eigenvalue weighted by Gasteiger charge is -2.25. The number of anilines is 3. The van der Waals surface area contributed by atoms with Crippen LogP contribution in [-0.4, -0.2) is 14.5 Å². The van der Waals surface area contributed by atoms with Gasteiger partial charge in [0.1, 0.15) is 16.9 Å². The lowest BCUT2D eigenvalue weighted by atomic mass is 10.1. The van der Waals surface area contributed by atoms with Crippen molar-refractivity contribution in [2.75, 3.05) is 4.90 Å². The molecule has 0 radical (unpaired) electrons. The highest BCUT2D eigenvalue weighted by molar-refractivity contribution is 6.12. The summed E-state index contributed by atoms with van der Waals surface area (Å²) in [6.07, 6.45) is 0. The van der Waals surface area contributed by atoms with Crippen molar-refractivity contribution in [2.45, 2.75) is 6.92 Å². The molecular formula is C35H24N4O. The Morgan fingerprint density at radius 1 is 0.575 bits per heavy atom. The number of aromatic nitrogens is 3. The van der Waals surface area contributed by atoms with Crippen LogP contribution in [0.25, 0.3) is 49.7 Å². The van der Waals surface area contributed by atoms with Gasteiger partial charge >= 0.3 is 0 Å². The van der Waals surface area contributed by atoms with Crippen molar-refractivity contribution in [3.8, 4) is 5.82 Å². The zero-order chi connectivity index (χ0) is 26.6. The molecule has 8 rings (SSSR count). The van der Waals surface area contributed by atoms with Crippen molar-refractivity contribution in [1.82, 2.24) is 14.5 Å². The van der Waals surface area contributed by atoms with E-state index in [9.17, 15) is 0 Å². The van der Waals surface area contributed by atoms with Gasteiger partial charge in [-0.2, -0.15) is 0 Å². The van der Waals surface area contributed by atoms with Gasteiger partial charge in [-0.05, 0) is 67.6 Å². The Kier molecular flexibility index (Phi) is 4.97. The monoisotopic (exact) mass is 516 g/mol. The van der Waals surface area contributed by atoms with Crippen LogP contribution in [0.2, 0.25) is 0 Å². The molecule has 190 valence electrons. The smallest absolute Gasteiger partial charge is 0.197 e. The van der Waals surface area contributed by atoms with Crippen LogP contribution in [0.15, 0.2) is 132 Å². The zero-order valence-electron chi connectivity index (χ0n) is 21.8. The van der Waals surface area contributed by atoms with E-state index in [2.05, 4.69) is 107 Å². The van der Waals surface area contributed by atoms with Gasteiger partial charge in [-0.3, -0.25) is 4.57 Å². The summed E-state index contributed by atoms with van der Waals surface area (Å²) in [6.45, 7) is 1.94. The molecule has 0 bridgehead atoms. The second-order valence-corrected chi connectivity index (χ2v) is 9.93. The first-order chi connectivity index (χ1) is 19.8. The second-order valence-electron chi connectivity index (χ2n) is 9.93. The average molecular weight is 517 g/mol. The van der Waals surface area contributed by atoms with Gasteiger partial charge in [-0.1, -0.05) is 66.7 Å². The van der Waals surface area contributed by atoms with E-state index in [0.717, 1.165) is 61.2 Å². The number of fused-ring (bicyclic) bond motifs is 6. The van der Waals surface area contributed by atoms with Gasteiger partial charge in [0.15, 0.2) is 11.4 Å². The maximum absolute atomic E-state index is 6.38. The third-order valence-corrected chi connectivity index (χ3v) is 7.47. The molecule has 8 aromatic rings. The van der Waals surface area contributed by atoms with E-state index in [-0.39, 0.29) is 0 Å². The van der Waals surface area contributed by atoms with Crippen LogP contribution < -0.4 is 4.90 Å². The van der Waals surface area contributed by atoms with Gasteiger partial charge in [0, 0.05) is 33.2 Å². The van der Waals surface area contributed by atoms with Crippen LogP contribution in [0.5, 0.6) is 0 Å². The van der Waals surface area contributed by atoms with Crippen LogP contribution in [-0.2, 0) is 0 Å². The summed E-state index contributed by atoms with van der Waals surface area (Å²) in [4.78, 5) is 12.0. The van der Waals surface area contributed by atoms with E-state index in [4.69, 9.17) is 14.4 Å². The molecule has 0 atom stereocenters. The van der Waals surface area contributed by atoms with Gasteiger partial charge in [0.2, 0.25) is 0 Å². The molecule has 0 aliphatic heterocycles. The SMILES string of the molecule is Cc1nc(-n2c3ccccc3c3cc(N(c4ccccc4)c4ccccc4)ccc32)c2oc3ccccc3c2n1. The van der Waals surface area contributed by atoms with E-state index >= 15 is 0 Å². The fourth-order valence-corrected chi connectivity index (χ4v) is 5.77. The van der Waals surface area contributed by atoms with Crippen molar-refractivity contribution >= 4 is 60.9 Å². The molecule has 0 amide bonds. The predicted octanol–water partition coefficient (Wildman–Crippen LogP) is 9.25. The van der Waals surface area contributed by atoms with Crippen molar-refractivity contribution in [3.63, 3.8) is 0 Å². The molecule has 3 aromatic heterocycles. The molecule has 0 aliphatic rings. The minimum atomic E-state index is 0.689. The lowest BCUT2D eigenvalue weighted by molar-refractivity contribution is 0.661. The first-order valence-corrected chi connectivity index (χ1v) is 13.4. The molecule has 40 heavy (non-hydrogen) atoms. The number of benzene rings is 5. The van der Waals surface area contributed by atoms with Crippen LogP contribution in [0.1, 0.15) is 5.82 Å². The molecule has 0 N–H and O–H groups in total. The normalized spacial score (nSPS) is 11.6. The van der Waals surface area contributed by atoms with Crippen molar-refractivity contribution in [2.24, 2.45) is 0 Å². The Labute approximate surface area is 230 Å². The number of rotatable bonds is 4. The zero-order valence-corrected chi connectivity index (χ0v) is 21.8. The third kappa shape index (κ3) is 3.41. The minimum Gasteiger partial charge on any atom is -0.450 e. The molecular weight excluding hydrogens is 492 g/mol. The summed E-state index contributed by atoms with van der Waals surface area (Å²) in [5.41, 5.74) is 7.75. The molecule has 0 spiro atoms. The minimum absolute atomic E-state index is 0.689. The first kappa shape index (κ1) is 22.6. The largest absolute Gasteiger partial charge is 0.450 e. The quantitative estimate of drug-likeness (QED) is 0.234. The molecule has 5 heteroatoms. The Bertz CT molecular complexity index is 2140. The van der Waals surface area contributed by atoms with E-state index in [1.165, 1.54) is 0 Å². The first-order valence-electron chi connectivity index (χ1n) is 13.4. The van der Waals surface area contributed by atoms with Crippen molar-refractivity contribution in [1.29, 1.82) is 0 Å². The van der Waals surface area contributed by atoms with Crippen molar-refractivity contribution < 1.29 is 4.42 Å². The number of hydrogen-bond acceptors (Lipinski definition) is 4. The molecule has 0 fully saturated rings. The molecule has 5 aromatic carbocycles. The maximum Gasteiger partial charge on any atom is 0.197 e. The summed E-state index contributed by atoms with van der Waals surface area (Å²) < 4.78 is 8.60. The summed E-state index contributed by atoms with van der Waals surface area (Å²) in [5, 5.41) is 3.29. The summed E-state index contributed by atoms with van der Waals surface area (Å²) >= 11 is 0. The highest BCUT2D eigenvalue weighted by Gasteiger charge is 2.21. The van der Waals surface area contributed by atoms with Gasteiger partial charge in [0.25, 0.3) is 0 Å². The highest BCUT2D eigenvalue weighted by atomic mass is 16.3. The summed E-state index contributed by atoms with van der Waals surface area (Å²) in [7, 11) is 0. The topological polar surface area (TPSA) is 47.1 Å². The number of nitrogens with zero attached hydrogens (tertiary/aromatic N) is 4.